The van der Waals surface area contributed by atoms with Gasteiger partial charge in [0.2, 0.25) is 0 Å². The van der Waals surface area contributed by atoms with Crippen molar-refractivity contribution < 1.29 is 9.13 Å². The van der Waals surface area contributed by atoms with E-state index in [1.54, 1.807) is 19.2 Å². The number of hydrogen-bond acceptors (Lipinski definition) is 1. The summed E-state index contributed by atoms with van der Waals surface area (Å²) < 4.78 is 18.6. The lowest BCUT2D eigenvalue weighted by atomic mass is 9.77. The maximum absolute atomic E-state index is 13.5. The molecule has 0 amide bonds. The minimum Gasteiger partial charge on any atom is -0.385 e. The number of hydrogen-bond donors (Lipinski definition) is 0. The summed E-state index contributed by atoms with van der Waals surface area (Å²) in [6.45, 7) is 0.863. The van der Waals surface area contributed by atoms with Crippen molar-refractivity contribution in [2.45, 2.75) is 44.4 Å². The standard InChI is InChI=1S/C16H22ClFO/c1-19-10-2-3-12-4-6-13(7-5-12)14-8-9-15(17)16(18)11-14/h8-9,11-13H,2-7,10H2,1H3. The van der Waals surface area contributed by atoms with Crippen LogP contribution in [0.3, 0.4) is 0 Å². The number of methoxy groups -OCH3 is 1. The van der Waals surface area contributed by atoms with E-state index in [1.807, 2.05) is 6.07 Å². The highest BCUT2D eigenvalue weighted by atomic mass is 35.5. The van der Waals surface area contributed by atoms with Crippen LogP contribution >= 0.6 is 11.6 Å². The van der Waals surface area contributed by atoms with Gasteiger partial charge < -0.3 is 4.74 Å². The lowest BCUT2D eigenvalue weighted by Gasteiger charge is -2.28. The molecule has 1 fully saturated rings. The minimum absolute atomic E-state index is 0.219. The van der Waals surface area contributed by atoms with Crippen LogP contribution in [0, 0.1) is 11.7 Å². The Labute approximate surface area is 120 Å². The second kappa shape index (κ2) is 7.25. The first-order valence-corrected chi connectivity index (χ1v) is 7.52. The summed E-state index contributed by atoms with van der Waals surface area (Å²) in [5.74, 6) is 1.04. The molecule has 0 N–H and O–H groups in total. The molecule has 1 aliphatic rings. The summed E-state index contributed by atoms with van der Waals surface area (Å²) in [5.41, 5.74) is 1.11. The Hall–Kier alpha value is -0.600. The molecule has 106 valence electrons. The van der Waals surface area contributed by atoms with E-state index in [-0.39, 0.29) is 10.8 Å². The van der Waals surface area contributed by atoms with Crippen LogP contribution in [0.1, 0.15) is 50.0 Å². The molecule has 1 aromatic carbocycles. The van der Waals surface area contributed by atoms with Crippen molar-refractivity contribution in [2.24, 2.45) is 5.92 Å². The Morgan fingerprint density at radius 3 is 2.63 bits per heavy atom. The second-order valence-electron chi connectivity index (χ2n) is 5.53. The Morgan fingerprint density at radius 1 is 1.26 bits per heavy atom. The molecule has 19 heavy (non-hydrogen) atoms. The van der Waals surface area contributed by atoms with E-state index in [4.69, 9.17) is 16.3 Å². The van der Waals surface area contributed by atoms with Crippen molar-refractivity contribution in [1.29, 1.82) is 0 Å². The van der Waals surface area contributed by atoms with Crippen LogP contribution in [0.25, 0.3) is 0 Å². The summed E-state index contributed by atoms with van der Waals surface area (Å²) in [6.07, 6.45) is 7.24. The molecule has 0 saturated heterocycles. The van der Waals surface area contributed by atoms with Gasteiger partial charge in [-0.3, -0.25) is 0 Å². The lowest BCUT2D eigenvalue weighted by Crippen LogP contribution is -2.14. The van der Waals surface area contributed by atoms with Crippen LogP contribution in [0.4, 0.5) is 4.39 Å². The van der Waals surface area contributed by atoms with Crippen LogP contribution in [-0.4, -0.2) is 13.7 Å². The third kappa shape index (κ3) is 4.19. The smallest absolute Gasteiger partial charge is 0.142 e. The zero-order valence-electron chi connectivity index (χ0n) is 11.5. The van der Waals surface area contributed by atoms with Gasteiger partial charge in [-0.15, -0.1) is 0 Å². The molecule has 0 atom stereocenters. The molecular weight excluding hydrogens is 263 g/mol. The molecule has 0 radical (unpaired) electrons. The van der Waals surface area contributed by atoms with E-state index in [9.17, 15) is 4.39 Å². The second-order valence-corrected chi connectivity index (χ2v) is 5.93. The third-order valence-corrected chi connectivity index (χ3v) is 4.53. The largest absolute Gasteiger partial charge is 0.385 e. The van der Waals surface area contributed by atoms with Gasteiger partial charge in [-0.2, -0.15) is 0 Å². The van der Waals surface area contributed by atoms with Gasteiger partial charge in [0, 0.05) is 13.7 Å². The molecule has 1 nitrogen and oxygen atoms in total. The first kappa shape index (κ1) is 14.8. The van der Waals surface area contributed by atoms with Gasteiger partial charge in [-0.05, 0) is 68.1 Å². The molecular formula is C16H22ClFO. The zero-order valence-corrected chi connectivity index (χ0v) is 12.3. The highest BCUT2D eigenvalue weighted by molar-refractivity contribution is 6.30. The van der Waals surface area contributed by atoms with Crippen LogP contribution in [0.15, 0.2) is 18.2 Å². The predicted molar refractivity (Wildman–Crippen MR) is 77.2 cm³/mol. The number of halogens is 2. The van der Waals surface area contributed by atoms with Gasteiger partial charge in [0.1, 0.15) is 5.82 Å². The highest BCUT2D eigenvalue weighted by Crippen LogP contribution is 2.38. The van der Waals surface area contributed by atoms with E-state index in [0.29, 0.717) is 5.92 Å². The maximum Gasteiger partial charge on any atom is 0.142 e. The molecule has 0 heterocycles. The first-order chi connectivity index (χ1) is 9.20. The average molecular weight is 285 g/mol. The van der Waals surface area contributed by atoms with Crippen molar-refractivity contribution in [3.05, 3.63) is 34.6 Å². The van der Waals surface area contributed by atoms with Crippen LogP contribution < -0.4 is 0 Å². The molecule has 1 aromatic rings. The fourth-order valence-corrected chi connectivity index (χ4v) is 3.18. The van der Waals surface area contributed by atoms with E-state index >= 15 is 0 Å². The molecule has 0 aliphatic heterocycles. The Morgan fingerprint density at radius 2 is 2.00 bits per heavy atom. The van der Waals surface area contributed by atoms with Crippen molar-refractivity contribution in [1.82, 2.24) is 0 Å². The van der Waals surface area contributed by atoms with Crippen LogP contribution in [-0.2, 0) is 4.74 Å². The van der Waals surface area contributed by atoms with Gasteiger partial charge in [0.25, 0.3) is 0 Å². The number of ether oxygens (including phenoxy) is 1. The summed E-state index contributed by atoms with van der Waals surface area (Å²) in [4.78, 5) is 0. The van der Waals surface area contributed by atoms with Gasteiger partial charge in [-0.1, -0.05) is 17.7 Å². The Balaban J connectivity index is 1.84. The highest BCUT2D eigenvalue weighted by Gasteiger charge is 2.22. The van der Waals surface area contributed by atoms with Gasteiger partial charge >= 0.3 is 0 Å². The lowest BCUT2D eigenvalue weighted by molar-refractivity contribution is 0.180. The molecule has 1 aliphatic carbocycles. The summed E-state index contributed by atoms with van der Waals surface area (Å²) in [5, 5.41) is 0.219. The van der Waals surface area contributed by atoms with E-state index < -0.39 is 0 Å². The summed E-state index contributed by atoms with van der Waals surface area (Å²) >= 11 is 5.73. The Kier molecular flexibility index (Phi) is 5.65. The maximum atomic E-state index is 13.5. The van der Waals surface area contributed by atoms with Gasteiger partial charge in [0.15, 0.2) is 0 Å². The van der Waals surface area contributed by atoms with Crippen molar-refractivity contribution in [3.8, 4) is 0 Å². The molecule has 0 aromatic heterocycles. The van der Waals surface area contributed by atoms with Gasteiger partial charge in [-0.25, -0.2) is 4.39 Å². The quantitative estimate of drug-likeness (QED) is 0.677. The van der Waals surface area contributed by atoms with Crippen LogP contribution in [0.2, 0.25) is 5.02 Å². The number of benzene rings is 1. The van der Waals surface area contributed by atoms with E-state index in [0.717, 1.165) is 24.5 Å². The normalized spacial score (nSPS) is 23.5. The van der Waals surface area contributed by atoms with Crippen molar-refractivity contribution in [3.63, 3.8) is 0 Å². The fraction of sp³-hybridized carbons (Fsp3) is 0.625. The fourth-order valence-electron chi connectivity index (χ4n) is 3.07. The van der Waals surface area contributed by atoms with Crippen LogP contribution in [0.5, 0.6) is 0 Å². The average Bonchev–Trinajstić information content (AvgIpc) is 2.43. The SMILES string of the molecule is COCCCC1CCC(c2ccc(Cl)c(F)c2)CC1. The predicted octanol–water partition coefficient (Wildman–Crippen LogP) is 5.18. The van der Waals surface area contributed by atoms with Crippen molar-refractivity contribution in [2.75, 3.05) is 13.7 Å². The summed E-state index contributed by atoms with van der Waals surface area (Å²) in [7, 11) is 1.76. The third-order valence-electron chi connectivity index (χ3n) is 4.22. The first-order valence-electron chi connectivity index (χ1n) is 7.14. The van der Waals surface area contributed by atoms with Gasteiger partial charge in [0.05, 0.1) is 5.02 Å². The topological polar surface area (TPSA) is 9.23 Å². The summed E-state index contributed by atoms with van der Waals surface area (Å²) in [6, 6.07) is 5.26. The molecule has 1 saturated carbocycles. The van der Waals surface area contributed by atoms with Crippen molar-refractivity contribution >= 4 is 11.6 Å². The zero-order chi connectivity index (χ0) is 13.7. The molecule has 0 unspecified atom stereocenters. The Bertz CT molecular complexity index is 400. The number of rotatable bonds is 5. The molecule has 2 rings (SSSR count). The van der Waals surface area contributed by atoms with E-state index in [1.165, 1.54) is 32.1 Å². The minimum atomic E-state index is -0.290. The molecule has 3 heteroatoms. The molecule has 0 spiro atoms. The van der Waals surface area contributed by atoms with E-state index in [2.05, 4.69) is 0 Å². The molecule has 0 bridgehead atoms. The monoisotopic (exact) mass is 284 g/mol.